The van der Waals surface area contributed by atoms with E-state index in [2.05, 4.69) is 15.1 Å². The number of hydrogen-bond donors (Lipinski definition) is 2. The minimum atomic E-state index is -3.64. The van der Waals surface area contributed by atoms with Gasteiger partial charge in [-0.25, -0.2) is 8.42 Å². The van der Waals surface area contributed by atoms with Gasteiger partial charge in [0.25, 0.3) is 0 Å². The predicted molar refractivity (Wildman–Crippen MR) is 74.7 cm³/mol. The minimum absolute atomic E-state index is 0.103. The van der Waals surface area contributed by atoms with Crippen LogP contribution in [0.3, 0.4) is 0 Å². The molecule has 0 saturated carbocycles. The normalized spacial score (nSPS) is 22.9. The standard InChI is InChI=1S/C12H22N4O3S/c1-9-7-15(3)5-4-6-16(9)20(18,19)12-10(2)13-14-11(12)8-17/h9,17H,4-8H2,1-3H3,(H,13,14). The Hall–Kier alpha value is -0.960. The van der Waals surface area contributed by atoms with E-state index in [-0.39, 0.29) is 23.2 Å². The first kappa shape index (κ1) is 15.4. The largest absolute Gasteiger partial charge is 0.390 e. The molecule has 1 atom stereocenters. The summed E-state index contributed by atoms with van der Waals surface area (Å²) in [7, 11) is -1.64. The average molecular weight is 302 g/mol. The van der Waals surface area contributed by atoms with Gasteiger partial charge in [0.05, 0.1) is 12.3 Å². The Labute approximate surface area is 119 Å². The van der Waals surface area contributed by atoms with Gasteiger partial charge in [-0.15, -0.1) is 0 Å². The van der Waals surface area contributed by atoms with E-state index >= 15 is 0 Å². The van der Waals surface area contributed by atoms with Crippen molar-refractivity contribution in [2.45, 2.75) is 37.8 Å². The fourth-order valence-electron chi connectivity index (χ4n) is 2.74. The van der Waals surface area contributed by atoms with Crippen LogP contribution >= 0.6 is 0 Å². The first-order valence-corrected chi connectivity index (χ1v) is 8.17. The Morgan fingerprint density at radius 1 is 1.45 bits per heavy atom. The number of sulfonamides is 1. The molecule has 0 bridgehead atoms. The number of aromatic nitrogens is 2. The predicted octanol–water partition coefficient (Wildman–Crippen LogP) is -0.0749. The van der Waals surface area contributed by atoms with Gasteiger partial charge in [0.2, 0.25) is 10.0 Å². The second-order valence-electron chi connectivity index (χ2n) is 5.36. The molecule has 1 aromatic heterocycles. The van der Waals surface area contributed by atoms with Crippen LogP contribution in [0, 0.1) is 6.92 Å². The Bertz CT molecular complexity index is 569. The zero-order valence-electron chi connectivity index (χ0n) is 12.1. The zero-order chi connectivity index (χ0) is 14.9. The molecule has 0 aliphatic carbocycles. The van der Waals surface area contributed by atoms with Gasteiger partial charge in [0.1, 0.15) is 10.6 Å². The quantitative estimate of drug-likeness (QED) is 0.815. The molecule has 8 heteroatoms. The lowest BCUT2D eigenvalue weighted by atomic mass is 10.3. The van der Waals surface area contributed by atoms with Gasteiger partial charge in [-0.05, 0) is 33.9 Å². The van der Waals surface area contributed by atoms with E-state index in [1.54, 1.807) is 6.92 Å². The molecule has 2 N–H and O–H groups in total. The second-order valence-corrected chi connectivity index (χ2v) is 7.19. The number of likely N-dealkylation sites (N-methyl/N-ethyl adjacent to an activating group) is 1. The Kier molecular flexibility index (Phi) is 4.48. The molecule has 0 amide bonds. The van der Waals surface area contributed by atoms with Crippen molar-refractivity contribution in [1.82, 2.24) is 19.4 Å². The maximum absolute atomic E-state index is 12.9. The van der Waals surface area contributed by atoms with Crippen molar-refractivity contribution >= 4 is 10.0 Å². The van der Waals surface area contributed by atoms with E-state index in [9.17, 15) is 13.5 Å². The summed E-state index contributed by atoms with van der Waals surface area (Å²) in [5, 5.41) is 15.8. The van der Waals surface area contributed by atoms with Crippen LogP contribution in [0.25, 0.3) is 0 Å². The highest BCUT2D eigenvalue weighted by Gasteiger charge is 2.35. The van der Waals surface area contributed by atoms with E-state index in [1.165, 1.54) is 4.31 Å². The van der Waals surface area contributed by atoms with Gasteiger partial charge < -0.3 is 10.0 Å². The monoisotopic (exact) mass is 302 g/mol. The van der Waals surface area contributed by atoms with Crippen molar-refractivity contribution in [3.8, 4) is 0 Å². The molecule has 0 aromatic carbocycles. The molecule has 2 rings (SSSR count). The lowest BCUT2D eigenvalue weighted by Gasteiger charge is -2.27. The lowest BCUT2D eigenvalue weighted by molar-refractivity contribution is 0.271. The lowest BCUT2D eigenvalue weighted by Crippen LogP contribution is -2.42. The molecule has 1 aliphatic rings. The molecule has 20 heavy (non-hydrogen) atoms. The molecule has 1 fully saturated rings. The number of aliphatic hydroxyl groups is 1. The zero-order valence-corrected chi connectivity index (χ0v) is 12.9. The minimum Gasteiger partial charge on any atom is -0.390 e. The first-order valence-electron chi connectivity index (χ1n) is 6.73. The molecular weight excluding hydrogens is 280 g/mol. The molecule has 0 radical (unpaired) electrons. The average Bonchev–Trinajstić information content (AvgIpc) is 2.66. The fourth-order valence-corrected chi connectivity index (χ4v) is 4.73. The maximum atomic E-state index is 12.9. The van der Waals surface area contributed by atoms with Crippen LogP contribution in [0.5, 0.6) is 0 Å². The second kappa shape index (κ2) is 5.80. The molecule has 0 spiro atoms. The van der Waals surface area contributed by atoms with Crippen LogP contribution in [0.4, 0.5) is 0 Å². The highest BCUT2D eigenvalue weighted by Crippen LogP contribution is 2.25. The van der Waals surface area contributed by atoms with Gasteiger partial charge in [-0.1, -0.05) is 0 Å². The summed E-state index contributed by atoms with van der Waals surface area (Å²) < 4.78 is 27.2. The number of aryl methyl sites for hydroxylation is 1. The molecule has 7 nitrogen and oxygen atoms in total. The van der Waals surface area contributed by atoms with Gasteiger partial charge in [0.15, 0.2) is 0 Å². The number of rotatable bonds is 3. The number of nitrogens with zero attached hydrogens (tertiary/aromatic N) is 3. The van der Waals surface area contributed by atoms with Crippen molar-refractivity contribution in [1.29, 1.82) is 0 Å². The van der Waals surface area contributed by atoms with Crippen molar-refractivity contribution in [3.63, 3.8) is 0 Å². The summed E-state index contributed by atoms with van der Waals surface area (Å²) >= 11 is 0. The summed E-state index contributed by atoms with van der Waals surface area (Å²) in [5.41, 5.74) is 0.658. The van der Waals surface area contributed by atoms with Crippen molar-refractivity contribution in [2.75, 3.05) is 26.7 Å². The van der Waals surface area contributed by atoms with Crippen LogP contribution in [0.2, 0.25) is 0 Å². The Balaban J connectivity index is 2.41. The Morgan fingerprint density at radius 3 is 2.80 bits per heavy atom. The van der Waals surface area contributed by atoms with Gasteiger partial charge in [-0.2, -0.15) is 9.40 Å². The van der Waals surface area contributed by atoms with Crippen molar-refractivity contribution in [3.05, 3.63) is 11.4 Å². The summed E-state index contributed by atoms with van der Waals surface area (Å²) in [4.78, 5) is 2.26. The van der Waals surface area contributed by atoms with Crippen molar-refractivity contribution < 1.29 is 13.5 Å². The molecule has 1 aliphatic heterocycles. The first-order chi connectivity index (χ1) is 9.37. The van der Waals surface area contributed by atoms with Crippen LogP contribution < -0.4 is 0 Å². The molecule has 1 unspecified atom stereocenters. The Morgan fingerprint density at radius 2 is 2.15 bits per heavy atom. The summed E-state index contributed by atoms with van der Waals surface area (Å²) in [6.07, 6.45) is 0.797. The molecule has 2 heterocycles. The molecule has 1 saturated heterocycles. The van der Waals surface area contributed by atoms with Crippen LogP contribution in [-0.4, -0.2) is 65.7 Å². The fraction of sp³-hybridized carbons (Fsp3) is 0.750. The highest BCUT2D eigenvalue weighted by atomic mass is 32.2. The molecule has 114 valence electrons. The van der Waals surface area contributed by atoms with E-state index in [0.717, 1.165) is 13.0 Å². The summed E-state index contributed by atoms with van der Waals surface area (Å²) in [6, 6.07) is -0.103. The number of H-pyrrole nitrogens is 1. The van der Waals surface area contributed by atoms with Crippen LogP contribution in [-0.2, 0) is 16.6 Å². The SMILES string of the molecule is Cc1[nH]nc(CO)c1S(=O)(=O)N1CCCN(C)CC1C. The third-order valence-electron chi connectivity index (χ3n) is 3.66. The van der Waals surface area contributed by atoms with E-state index in [1.807, 2.05) is 14.0 Å². The summed E-state index contributed by atoms with van der Waals surface area (Å²) in [6.45, 7) is 5.25. The van der Waals surface area contributed by atoms with Crippen LogP contribution in [0.15, 0.2) is 4.90 Å². The van der Waals surface area contributed by atoms with Gasteiger partial charge in [0, 0.05) is 19.1 Å². The van der Waals surface area contributed by atoms with Crippen LogP contribution in [0.1, 0.15) is 24.7 Å². The number of nitrogens with one attached hydrogen (secondary N) is 1. The smallest absolute Gasteiger partial charge is 0.247 e. The van der Waals surface area contributed by atoms with E-state index in [4.69, 9.17) is 0 Å². The number of hydrogen-bond acceptors (Lipinski definition) is 5. The number of aliphatic hydroxyl groups excluding tert-OH is 1. The summed E-state index contributed by atoms with van der Waals surface area (Å²) in [5.74, 6) is 0. The van der Waals surface area contributed by atoms with Gasteiger partial charge in [-0.3, -0.25) is 5.10 Å². The topological polar surface area (TPSA) is 89.5 Å². The molecular formula is C12H22N4O3S. The van der Waals surface area contributed by atoms with E-state index < -0.39 is 10.0 Å². The maximum Gasteiger partial charge on any atom is 0.247 e. The van der Waals surface area contributed by atoms with Gasteiger partial charge >= 0.3 is 0 Å². The van der Waals surface area contributed by atoms with E-state index in [0.29, 0.717) is 18.8 Å². The number of aromatic amines is 1. The third kappa shape index (κ3) is 2.73. The van der Waals surface area contributed by atoms with Crippen molar-refractivity contribution in [2.24, 2.45) is 0 Å². The molecule has 1 aromatic rings. The third-order valence-corrected chi connectivity index (χ3v) is 5.88. The highest BCUT2D eigenvalue weighted by molar-refractivity contribution is 7.89.